The molecule has 6 heteroatoms. The summed E-state index contributed by atoms with van der Waals surface area (Å²) in [5, 5.41) is 14.7. The van der Waals surface area contributed by atoms with Crippen LogP contribution in [-0.4, -0.2) is 29.5 Å². The van der Waals surface area contributed by atoms with Crippen LogP contribution in [0.4, 0.5) is 5.69 Å². The number of aliphatic hydroxyl groups is 1. The summed E-state index contributed by atoms with van der Waals surface area (Å²) < 4.78 is 0. The fraction of sp³-hybridized carbons (Fsp3) is 0.556. The van der Waals surface area contributed by atoms with Crippen LogP contribution in [-0.2, 0) is 16.2 Å². The Bertz CT molecular complexity index is 515. The fourth-order valence-electron chi connectivity index (χ4n) is 2.31. The fourth-order valence-corrected chi connectivity index (χ4v) is 2.31. The third-order valence-corrected chi connectivity index (χ3v) is 3.60. The van der Waals surface area contributed by atoms with E-state index >= 15 is 0 Å². The summed E-state index contributed by atoms with van der Waals surface area (Å²) in [6.07, 6.45) is 2.54. The van der Waals surface area contributed by atoms with Crippen LogP contribution < -0.4 is 16.4 Å². The van der Waals surface area contributed by atoms with Crippen molar-refractivity contribution in [2.45, 2.75) is 52.2 Å². The maximum absolute atomic E-state index is 12.5. The smallest absolute Gasteiger partial charge is 0.246 e. The Morgan fingerprint density at radius 1 is 1.17 bits per heavy atom. The number of nitrogens with two attached hydrogens (primary N) is 1. The zero-order chi connectivity index (χ0) is 17.9. The van der Waals surface area contributed by atoms with Gasteiger partial charge in [-0.15, -0.1) is 0 Å². The third kappa shape index (κ3) is 7.57. The molecule has 1 aromatic carbocycles. The molecule has 0 heterocycles. The molecule has 0 aliphatic carbocycles. The molecule has 2 amide bonds. The molecule has 0 aliphatic rings. The molecule has 0 aliphatic heterocycles. The predicted molar refractivity (Wildman–Crippen MR) is 95.3 cm³/mol. The van der Waals surface area contributed by atoms with Crippen LogP contribution in [0, 0.1) is 5.92 Å². The average Bonchev–Trinajstić information content (AvgIpc) is 2.54. The van der Waals surface area contributed by atoms with Gasteiger partial charge in [0.1, 0.15) is 6.04 Å². The lowest BCUT2D eigenvalue weighted by atomic mass is 10.1. The van der Waals surface area contributed by atoms with Gasteiger partial charge in [-0.25, -0.2) is 0 Å². The van der Waals surface area contributed by atoms with Crippen molar-refractivity contribution in [3.8, 4) is 0 Å². The number of anilines is 1. The number of carbonyl (C=O) groups is 2. The van der Waals surface area contributed by atoms with E-state index in [1.165, 1.54) is 0 Å². The van der Waals surface area contributed by atoms with E-state index in [-0.39, 0.29) is 24.3 Å². The molecule has 0 aromatic heterocycles. The van der Waals surface area contributed by atoms with E-state index in [0.29, 0.717) is 25.1 Å². The Balaban J connectivity index is 2.68. The molecule has 1 unspecified atom stereocenters. The highest BCUT2D eigenvalue weighted by Gasteiger charge is 2.20. The summed E-state index contributed by atoms with van der Waals surface area (Å²) in [6.45, 7) is 4.45. The lowest BCUT2D eigenvalue weighted by molar-refractivity contribution is -0.127. The first-order chi connectivity index (χ1) is 11.5. The second kappa shape index (κ2) is 10.8. The number of nitrogens with one attached hydrogen (secondary N) is 2. The van der Waals surface area contributed by atoms with E-state index in [9.17, 15) is 9.59 Å². The molecule has 5 N–H and O–H groups in total. The van der Waals surface area contributed by atoms with Crippen molar-refractivity contribution < 1.29 is 14.7 Å². The lowest BCUT2D eigenvalue weighted by Gasteiger charge is -2.19. The van der Waals surface area contributed by atoms with Crippen molar-refractivity contribution >= 4 is 17.5 Å². The van der Waals surface area contributed by atoms with E-state index in [1.807, 2.05) is 13.8 Å². The summed E-state index contributed by atoms with van der Waals surface area (Å²) in [7, 11) is 0. The molecule has 0 fully saturated rings. The molecule has 6 nitrogen and oxygen atoms in total. The standard InChI is InChI=1S/C18H29N3O3/c1-13(2)11-17(23)21-16(5-3-4-10-19)18(24)20-15-8-6-14(12-22)7-9-15/h6-9,13,16,22H,3-5,10-12,19H2,1-2H3,(H,20,24)(H,21,23). The number of hydrogen-bond acceptors (Lipinski definition) is 4. The number of unbranched alkanes of at least 4 members (excludes halogenated alkanes) is 1. The number of benzene rings is 1. The summed E-state index contributed by atoms with van der Waals surface area (Å²) in [6, 6.07) is 6.39. The zero-order valence-corrected chi connectivity index (χ0v) is 14.5. The Kier molecular flexibility index (Phi) is 9.04. The van der Waals surface area contributed by atoms with Crippen molar-refractivity contribution in [2.24, 2.45) is 11.7 Å². The van der Waals surface area contributed by atoms with Crippen LogP contribution in [0.2, 0.25) is 0 Å². The molecular formula is C18H29N3O3. The van der Waals surface area contributed by atoms with Crippen LogP contribution >= 0.6 is 0 Å². The van der Waals surface area contributed by atoms with Gasteiger partial charge in [0.05, 0.1) is 6.61 Å². The van der Waals surface area contributed by atoms with E-state index < -0.39 is 6.04 Å². The minimum atomic E-state index is -0.569. The Morgan fingerprint density at radius 3 is 2.38 bits per heavy atom. The quantitative estimate of drug-likeness (QED) is 0.489. The number of aliphatic hydroxyl groups excluding tert-OH is 1. The zero-order valence-electron chi connectivity index (χ0n) is 14.5. The van der Waals surface area contributed by atoms with Crippen molar-refractivity contribution in [1.29, 1.82) is 0 Å². The van der Waals surface area contributed by atoms with Gasteiger partial charge >= 0.3 is 0 Å². The van der Waals surface area contributed by atoms with Gasteiger partial charge < -0.3 is 21.5 Å². The monoisotopic (exact) mass is 335 g/mol. The molecule has 0 spiro atoms. The Hall–Kier alpha value is -1.92. The molecule has 0 bridgehead atoms. The normalized spacial score (nSPS) is 12.0. The maximum Gasteiger partial charge on any atom is 0.246 e. The van der Waals surface area contributed by atoms with Crippen molar-refractivity contribution in [3.63, 3.8) is 0 Å². The van der Waals surface area contributed by atoms with E-state index in [1.54, 1.807) is 24.3 Å². The van der Waals surface area contributed by atoms with Crippen molar-refractivity contribution in [1.82, 2.24) is 5.32 Å². The van der Waals surface area contributed by atoms with Gasteiger partial charge in [-0.05, 0) is 49.4 Å². The molecule has 0 saturated carbocycles. The van der Waals surface area contributed by atoms with Crippen LogP contribution in [0.25, 0.3) is 0 Å². The minimum absolute atomic E-state index is 0.0405. The van der Waals surface area contributed by atoms with Crippen LogP contribution in [0.5, 0.6) is 0 Å². The lowest BCUT2D eigenvalue weighted by Crippen LogP contribution is -2.44. The second-order valence-corrected chi connectivity index (χ2v) is 6.35. The average molecular weight is 335 g/mol. The molecule has 1 rings (SSSR count). The van der Waals surface area contributed by atoms with Crippen LogP contribution in [0.15, 0.2) is 24.3 Å². The molecule has 0 saturated heterocycles. The third-order valence-electron chi connectivity index (χ3n) is 3.60. The summed E-state index contributed by atoms with van der Waals surface area (Å²) in [4.78, 5) is 24.5. The Morgan fingerprint density at radius 2 is 1.83 bits per heavy atom. The summed E-state index contributed by atoms with van der Waals surface area (Å²) in [5.41, 5.74) is 6.91. The van der Waals surface area contributed by atoms with Crippen molar-refractivity contribution in [3.05, 3.63) is 29.8 Å². The highest BCUT2D eigenvalue weighted by molar-refractivity contribution is 5.97. The van der Waals surface area contributed by atoms with Gasteiger partial charge in [-0.2, -0.15) is 0 Å². The highest BCUT2D eigenvalue weighted by atomic mass is 16.3. The number of hydrogen-bond donors (Lipinski definition) is 4. The Labute approximate surface area is 143 Å². The first-order valence-corrected chi connectivity index (χ1v) is 8.46. The van der Waals surface area contributed by atoms with Crippen molar-refractivity contribution in [2.75, 3.05) is 11.9 Å². The molecule has 24 heavy (non-hydrogen) atoms. The van der Waals surface area contributed by atoms with E-state index in [4.69, 9.17) is 10.8 Å². The van der Waals surface area contributed by atoms with E-state index in [0.717, 1.165) is 18.4 Å². The molecule has 1 atom stereocenters. The number of carbonyl (C=O) groups excluding carboxylic acids is 2. The second-order valence-electron chi connectivity index (χ2n) is 6.35. The molecule has 1 aromatic rings. The summed E-state index contributed by atoms with van der Waals surface area (Å²) in [5.74, 6) is -0.113. The first kappa shape index (κ1) is 20.1. The molecular weight excluding hydrogens is 306 g/mol. The van der Waals surface area contributed by atoms with Gasteiger partial charge in [0.25, 0.3) is 0 Å². The van der Waals surface area contributed by atoms with Gasteiger partial charge in [0.15, 0.2) is 0 Å². The largest absolute Gasteiger partial charge is 0.392 e. The predicted octanol–water partition coefficient (Wildman–Crippen LogP) is 1.78. The van der Waals surface area contributed by atoms with Gasteiger partial charge in [-0.1, -0.05) is 26.0 Å². The minimum Gasteiger partial charge on any atom is -0.392 e. The van der Waals surface area contributed by atoms with Crippen LogP contribution in [0.3, 0.4) is 0 Å². The summed E-state index contributed by atoms with van der Waals surface area (Å²) >= 11 is 0. The van der Waals surface area contributed by atoms with Crippen LogP contribution in [0.1, 0.15) is 45.1 Å². The number of amides is 2. The van der Waals surface area contributed by atoms with Gasteiger partial charge in [0.2, 0.25) is 11.8 Å². The SMILES string of the molecule is CC(C)CC(=O)NC(CCCCN)C(=O)Nc1ccc(CO)cc1. The molecule has 0 radical (unpaired) electrons. The van der Waals surface area contributed by atoms with E-state index in [2.05, 4.69) is 10.6 Å². The van der Waals surface area contributed by atoms with Gasteiger partial charge in [0, 0.05) is 12.1 Å². The topological polar surface area (TPSA) is 104 Å². The maximum atomic E-state index is 12.5. The van der Waals surface area contributed by atoms with Gasteiger partial charge in [-0.3, -0.25) is 9.59 Å². The number of rotatable bonds is 10. The first-order valence-electron chi connectivity index (χ1n) is 8.46. The highest BCUT2D eigenvalue weighted by Crippen LogP contribution is 2.12. The molecule has 134 valence electrons.